The minimum atomic E-state index is -3.88. The molecule has 0 aromatic heterocycles. The summed E-state index contributed by atoms with van der Waals surface area (Å²) in [6, 6.07) is 9.89. The van der Waals surface area contributed by atoms with Crippen LogP contribution in [0.4, 0.5) is 10.1 Å². The van der Waals surface area contributed by atoms with Crippen LogP contribution >= 0.6 is 11.6 Å². The lowest BCUT2D eigenvalue weighted by atomic mass is 9.95. The van der Waals surface area contributed by atoms with Gasteiger partial charge in [0.15, 0.2) is 0 Å². The van der Waals surface area contributed by atoms with Crippen molar-refractivity contribution >= 4 is 39.1 Å². The Morgan fingerprint density at radius 3 is 2.42 bits per heavy atom. The Labute approximate surface area is 217 Å². The third-order valence-electron chi connectivity index (χ3n) is 6.60. The van der Waals surface area contributed by atoms with Crippen molar-refractivity contribution in [2.24, 2.45) is 0 Å². The number of sulfonamides is 1. The van der Waals surface area contributed by atoms with Crippen LogP contribution in [0.5, 0.6) is 0 Å². The second-order valence-corrected chi connectivity index (χ2v) is 11.6. The highest BCUT2D eigenvalue weighted by Gasteiger charge is 2.32. The van der Waals surface area contributed by atoms with Gasteiger partial charge in [0, 0.05) is 23.2 Å². The molecule has 36 heavy (non-hydrogen) atoms. The first-order valence-electron chi connectivity index (χ1n) is 12.0. The molecule has 1 aliphatic carbocycles. The van der Waals surface area contributed by atoms with E-state index in [1.807, 2.05) is 0 Å². The fraction of sp³-hybridized carbons (Fsp3) is 0.462. The van der Waals surface area contributed by atoms with E-state index in [-0.39, 0.29) is 29.7 Å². The fourth-order valence-electron chi connectivity index (χ4n) is 4.42. The van der Waals surface area contributed by atoms with Crippen LogP contribution in [-0.2, 0) is 26.2 Å². The average molecular weight is 538 g/mol. The Bertz CT molecular complexity index is 1200. The van der Waals surface area contributed by atoms with Gasteiger partial charge in [-0.05, 0) is 50.5 Å². The first-order valence-corrected chi connectivity index (χ1v) is 14.3. The van der Waals surface area contributed by atoms with Crippen molar-refractivity contribution < 1.29 is 22.4 Å². The normalized spacial score (nSPS) is 15.2. The van der Waals surface area contributed by atoms with Crippen LogP contribution in [0.2, 0.25) is 5.02 Å². The molecule has 1 fully saturated rings. The van der Waals surface area contributed by atoms with Crippen LogP contribution in [0, 0.1) is 12.7 Å². The summed E-state index contributed by atoms with van der Waals surface area (Å²) in [5.74, 6) is -1.49. The Balaban J connectivity index is 1.91. The highest BCUT2D eigenvalue weighted by molar-refractivity contribution is 7.92. The molecule has 0 spiro atoms. The molecule has 0 unspecified atom stereocenters. The van der Waals surface area contributed by atoms with Gasteiger partial charge in [-0.3, -0.25) is 13.9 Å². The molecule has 2 aromatic rings. The molecule has 1 saturated carbocycles. The highest BCUT2D eigenvalue weighted by Crippen LogP contribution is 2.28. The summed E-state index contributed by atoms with van der Waals surface area (Å²) in [7, 11) is -3.88. The highest BCUT2D eigenvalue weighted by atomic mass is 35.5. The zero-order chi connectivity index (χ0) is 26.5. The summed E-state index contributed by atoms with van der Waals surface area (Å²) in [6.45, 7) is 2.50. The molecule has 196 valence electrons. The zero-order valence-electron chi connectivity index (χ0n) is 20.8. The number of carbonyl (C=O) groups excluding carboxylic acids is 2. The van der Waals surface area contributed by atoms with Gasteiger partial charge in [-0.1, -0.05) is 55.1 Å². The van der Waals surface area contributed by atoms with Crippen molar-refractivity contribution in [2.75, 3.05) is 17.1 Å². The second kappa shape index (κ2) is 12.1. The van der Waals surface area contributed by atoms with Crippen LogP contribution < -0.4 is 9.62 Å². The maximum Gasteiger partial charge on any atom is 0.244 e. The fourth-order valence-corrected chi connectivity index (χ4v) is 5.49. The molecule has 0 saturated heterocycles. The Kier molecular flexibility index (Phi) is 9.35. The summed E-state index contributed by atoms with van der Waals surface area (Å²) in [4.78, 5) is 28.0. The van der Waals surface area contributed by atoms with Crippen molar-refractivity contribution in [2.45, 2.75) is 64.6 Å². The number of anilines is 1. The number of carbonyl (C=O) groups is 2. The zero-order valence-corrected chi connectivity index (χ0v) is 22.4. The van der Waals surface area contributed by atoms with Crippen LogP contribution in [0.15, 0.2) is 42.5 Å². The molecule has 7 nitrogen and oxygen atoms in total. The lowest BCUT2D eigenvalue weighted by Gasteiger charge is -2.33. The van der Waals surface area contributed by atoms with E-state index >= 15 is 0 Å². The minimum Gasteiger partial charge on any atom is -0.352 e. The lowest BCUT2D eigenvalue weighted by Crippen LogP contribution is -2.53. The molecule has 10 heteroatoms. The van der Waals surface area contributed by atoms with E-state index in [1.165, 1.54) is 23.1 Å². The minimum absolute atomic E-state index is 0.0285. The van der Waals surface area contributed by atoms with E-state index in [0.29, 0.717) is 10.6 Å². The van der Waals surface area contributed by atoms with Crippen molar-refractivity contribution in [3.63, 3.8) is 0 Å². The molecule has 3 rings (SSSR count). The van der Waals surface area contributed by atoms with Gasteiger partial charge in [0.1, 0.15) is 18.4 Å². The number of halogens is 2. The summed E-state index contributed by atoms with van der Waals surface area (Å²) in [5, 5.41) is 3.37. The van der Waals surface area contributed by atoms with Crippen molar-refractivity contribution in [3.8, 4) is 0 Å². The lowest BCUT2D eigenvalue weighted by molar-refractivity contribution is -0.139. The van der Waals surface area contributed by atoms with Crippen LogP contribution in [0.3, 0.4) is 0 Å². The van der Waals surface area contributed by atoms with Gasteiger partial charge in [0.25, 0.3) is 0 Å². The monoisotopic (exact) mass is 537 g/mol. The standard InChI is InChI=1S/C26H33ClFN3O4S/c1-18-22(27)13-9-15-24(18)31(36(3,34)35)17-25(32)30(16-20-10-7-8-14-23(20)28)19(2)26(33)29-21-11-5-4-6-12-21/h7-10,13-15,19,21H,4-6,11-12,16-17H2,1-3H3,(H,29,33)/t19-/m0/s1. The average Bonchev–Trinajstić information content (AvgIpc) is 2.83. The van der Waals surface area contributed by atoms with Crippen molar-refractivity contribution in [3.05, 3.63) is 64.4 Å². The maximum absolute atomic E-state index is 14.5. The van der Waals surface area contributed by atoms with Crippen LogP contribution in [-0.4, -0.2) is 50.0 Å². The number of amides is 2. The molecule has 1 atom stereocenters. The van der Waals surface area contributed by atoms with Gasteiger partial charge in [0.05, 0.1) is 11.9 Å². The smallest absolute Gasteiger partial charge is 0.244 e. The van der Waals surface area contributed by atoms with E-state index < -0.39 is 34.3 Å². The molecule has 1 aliphatic rings. The van der Waals surface area contributed by atoms with E-state index in [9.17, 15) is 22.4 Å². The number of benzene rings is 2. The molecular formula is C26H33ClFN3O4S. The molecular weight excluding hydrogens is 505 g/mol. The van der Waals surface area contributed by atoms with Crippen molar-refractivity contribution in [1.82, 2.24) is 10.2 Å². The molecule has 2 aromatic carbocycles. The Hall–Kier alpha value is -2.65. The number of nitrogens with one attached hydrogen (secondary N) is 1. The first kappa shape index (κ1) is 27.9. The van der Waals surface area contributed by atoms with Gasteiger partial charge >= 0.3 is 0 Å². The summed E-state index contributed by atoms with van der Waals surface area (Å²) in [6.07, 6.45) is 5.93. The molecule has 1 N–H and O–H groups in total. The second-order valence-electron chi connectivity index (χ2n) is 9.29. The van der Waals surface area contributed by atoms with Crippen LogP contribution in [0.25, 0.3) is 0 Å². The van der Waals surface area contributed by atoms with Gasteiger partial charge in [-0.2, -0.15) is 0 Å². The molecule has 0 heterocycles. The molecule has 0 bridgehead atoms. The van der Waals surface area contributed by atoms with Crippen LogP contribution in [0.1, 0.15) is 50.2 Å². The van der Waals surface area contributed by atoms with Gasteiger partial charge in [0.2, 0.25) is 21.8 Å². The van der Waals surface area contributed by atoms with E-state index in [4.69, 9.17) is 11.6 Å². The number of nitrogens with zero attached hydrogens (tertiary/aromatic N) is 2. The quantitative estimate of drug-likeness (QED) is 0.513. The van der Waals surface area contributed by atoms with E-state index in [1.54, 1.807) is 38.1 Å². The Morgan fingerprint density at radius 1 is 1.11 bits per heavy atom. The number of rotatable bonds is 9. The number of hydrogen-bond donors (Lipinski definition) is 1. The van der Waals surface area contributed by atoms with E-state index in [2.05, 4.69) is 5.32 Å². The third kappa shape index (κ3) is 6.97. The molecule has 0 radical (unpaired) electrons. The molecule has 2 amide bonds. The van der Waals surface area contributed by atoms with Gasteiger partial charge in [-0.25, -0.2) is 12.8 Å². The molecule has 0 aliphatic heterocycles. The van der Waals surface area contributed by atoms with Gasteiger partial charge in [-0.15, -0.1) is 0 Å². The van der Waals surface area contributed by atoms with Crippen molar-refractivity contribution in [1.29, 1.82) is 0 Å². The Morgan fingerprint density at radius 2 is 1.78 bits per heavy atom. The summed E-state index contributed by atoms with van der Waals surface area (Å²) >= 11 is 6.20. The number of hydrogen-bond acceptors (Lipinski definition) is 4. The summed E-state index contributed by atoms with van der Waals surface area (Å²) < 4.78 is 40.9. The summed E-state index contributed by atoms with van der Waals surface area (Å²) in [5.41, 5.74) is 0.998. The topological polar surface area (TPSA) is 86.8 Å². The SMILES string of the molecule is Cc1c(Cl)cccc1N(CC(=O)N(Cc1ccccc1F)[C@@H](C)C(=O)NC1CCCCC1)S(C)(=O)=O. The largest absolute Gasteiger partial charge is 0.352 e. The third-order valence-corrected chi connectivity index (χ3v) is 8.14. The first-order chi connectivity index (χ1) is 17.0. The predicted molar refractivity (Wildman–Crippen MR) is 140 cm³/mol. The maximum atomic E-state index is 14.5. The predicted octanol–water partition coefficient (Wildman–Crippen LogP) is 4.42. The van der Waals surface area contributed by atoms with Gasteiger partial charge < -0.3 is 10.2 Å². The van der Waals surface area contributed by atoms with E-state index in [0.717, 1.165) is 42.7 Å².